The number of hydrazone groups is 1. The lowest BCUT2D eigenvalue weighted by atomic mass is 10.1. The first kappa shape index (κ1) is 22.7. The van der Waals surface area contributed by atoms with E-state index in [-0.39, 0.29) is 18.2 Å². The highest BCUT2D eigenvalue weighted by molar-refractivity contribution is 14.1. The number of carbonyl (C=O) groups excluding carboxylic acids is 2. The van der Waals surface area contributed by atoms with Gasteiger partial charge in [-0.1, -0.05) is 12.1 Å². The van der Waals surface area contributed by atoms with Crippen LogP contribution in [-0.2, 0) is 11.2 Å². The molecule has 2 aromatic carbocycles. The molecular formula is C21H24IN3O4. The molecule has 0 aromatic heterocycles. The van der Waals surface area contributed by atoms with Crippen molar-refractivity contribution in [1.29, 1.82) is 0 Å². The second-order valence-corrected chi connectivity index (χ2v) is 7.51. The van der Waals surface area contributed by atoms with Crippen LogP contribution in [0.2, 0.25) is 0 Å². The van der Waals surface area contributed by atoms with Crippen molar-refractivity contribution in [2.45, 2.75) is 19.8 Å². The lowest BCUT2D eigenvalue weighted by Crippen LogP contribution is -2.28. The molecule has 0 heterocycles. The van der Waals surface area contributed by atoms with Crippen molar-refractivity contribution in [1.82, 2.24) is 10.7 Å². The Hall–Kier alpha value is -2.62. The van der Waals surface area contributed by atoms with Crippen LogP contribution in [0.1, 0.15) is 29.3 Å². The minimum atomic E-state index is -0.309. The molecule has 7 nitrogen and oxygen atoms in total. The van der Waals surface area contributed by atoms with Gasteiger partial charge in [-0.05, 0) is 71.8 Å². The molecule has 29 heavy (non-hydrogen) atoms. The third-order valence-electron chi connectivity index (χ3n) is 4.04. The molecule has 2 N–H and O–H groups in total. The van der Waals surface area contributed by atoms with Gasteiger partial charge in [0.2, 0.25) is 5.91 Å². The molecule has 0 spiro atoms. The Kier molecular flexibility index (Phi) is 8.91. The number of hydrogen-bond acceptors (Lipinski definition) is 5. The van der Waals surface area contributed by atoms with Crippen LogP contribution in [0, 0.1) is 3.57 Å². The van der Waals surface area contributed by atoms with E-state index in [2.05, 4.69) is 38.4 Å². The van der Waals surface area contributed by atoms with Crippen LogP contribution >= 0.6 is 22.6 Å². The standard InChI is InChI=1S/C21H24IN3O4/c1-14(24-25-21(27)16-5-4-6-17(22)13-16)11-20(26)23-10-9-15-7-8-18(28-2)19(12-15)29-3/h4-8,12-13H,9-11H2,1-3H3,(H,23,26)(H,25,27). The second kappa shape index (κ2) is 11.4. The summed E-state index contributed by atoms with van der Waals surface area (Å²) in [5.41, 5.74) is 4.54. The number of rotatable bonds is 9. The topological polar surface area (TPSA) is 89.0 Å². The van der Waals surface area contributed by atoms with Gasteiger partial charge in [0.05, 0.1) is 20.6 Å². The summed E-state index contributed by atoms with van der Waals surface area (Å²) in [6.07, 6.45) is 0.768. The van der Waals surface area contributed by atoms with Crippen LogP contribution in [0.5, 0.6) is 11.5 Å². The van der Waals surface area contributed by atoms with E-state index < -0.39 is 0 Å². The summed E-state index contributed by atoms with van der Waals surface area (Å²) in [5, 5.41) is 6.85. The van der Waals surface area contributed by atoms with E-state index >= 15 is 0 Å². The predicted molar refractivity (Wildman–Crippen MR) is 121 cm³/mol. The number of ether oxygens (including phenoxy) is 2. The van der Waals surface area contributed by atoms with Crippen LogP contribution in [0.4, 0.5) is 0 Å². The lowest BCUT2D eigenvalue weighted by Gasteiger charge is -2.10. The maximum atomic E-state index is 12.1. The Labute approximate surface area is 184 Å². The zero-order valence-corrected chi connectivity index (χ0v) is 18.8. The molecule has 0 fully saturated rings. The van der Waals surface area contributed by atoms with E-state index in [1.807, 2.05) is 24.3 Å². The van der Waals surface area contributed by atoms with Gasteiger partial charge in [-0.3, -0.25) is 9.59 Å². The third-order valence-corrected chi connectivity index (χ3v) is 4.71. The van der Waals surface area contributed by atoms with E-state index in [1.54, 1.807) is 39.3 Å². The van der Waals surface area contributed by atoms with Gasteiger partial charge in [0, 0.05) is 21.4 Å². The zero-order chi connectivity index (χ0) is 21.2. The maximum Gasteiger partial charge on any atom is 0.271 e. The molecule has 0 saturated carbocycles. The SMILES string of the molecule is COc1ccc(CCNC(=O)CC(C)=NNC(=O)c2cccc(I)c2)cc1OC. The number of carbonyl (C=O) groups is 2. The lowest BCUT2D eigenvalue weighted by molar-refractivity contribution is -0.119. The number of halogens is 1. The van der Waals surface area contributed by atoms with Crippen molar-refractivity contribution in [3.8, 4) is 11.5 Å². The van der Waals surface area contributed by atoms with Crippen molar-refractivity contribution in [2.75, 3.05) is 20.8 Å². The molecule has 0 saturated heterocycles. The van der Waals surface area contributed by atoms with Crippen LogP contribution in [0.3, 0.4) is 0 Å². The summed E-state index contributed by atoms with van der Waals surface area (Å²) >= 11 is 2.14. The Morgan fingerprint density at radius 1 is 1.07 bits per heavy atom. The first-order chi connectivity index (χ1) is 13.9. The molecule has 0 atom stereocenters. The van der Waals surface area contributed by atoms with Gasteiger partial charge in [-0.2, -0.15) is 5.10 Å². The van der Waals surface area contributed by atoms with Crippen molar-refractivity contribution in [3.63, 3.8) is 0 Å². The molecule has 0 aliphatic carbocycles. The maximum absolute atomic E-state index is 12.1. The smallest absolute Gasteiger partial charge is 0.271 e. The summed E-state index contributed by atoms with van der Waals surface area (Å²) in [5.74, 6) is 0.856. The average Bonchev–Trinajstić information content (AvgIpc) is 2.71. The first-order valence-corrected chi connectivity index (χ1v) is 10.1. The summed E-state index contributed by atoms with van der Waals surface area (Å²) in [6, 6.07) is 12.8. The van der Waals surface area contributed by atoms with E-state index in [1.165, 1.54) is 0 Å². The average molecular weight is 509 g/mol. The minimum Gasteiger partial charge on any atom is -0.493 e. The van der Waals surface area contributed by atoms with Gasteiger partial charge in [-0.15, -0.1) is 0 Å². The molecule has 2 amide bonds. The summed E-state index contributed by atoms with van der Waals surface area (Å²) in [7, 11) is 3.17. The minimum absolute atomic E-state index is 0.110. The Morgan fingerprint density at radius 2 is 1.83 bits per heavy atom. The predicted octanol–water partition coefficient (Wildman–Crippen LogP) is 3.16. The number of hydrogen-bond donors (Lipinski definition) is 2. The molecule has 0 bridgehead atoms. The number of nitrogens with one attached hydrogen (secondary N) is 2. The highest BCUT2D eigenvalue weighted by Gasteiger charge is 2.08. The van der Waals surface area contributed by atoms with Crippen molar-refractivity contribution in [3.05, 3.63) is 57.2 Å². The number of benzene rings is 2. The molecule has 0 unspecified atom stereocenters. The Balaban J connectivity index is 1.78. The quantitative estimate of drug-likeness (QED) is 0.309. The van der Waals surface area contributed by atoms with Gasteiger partial charge < -0.3 is 14.8 Å². The third kappa shape index (κ3) is 7.37. The fourth-order valence-corrected chi connectivity index (χ4v) is 3.10. The largest absolute Gasteiger partial charge is 0.493 e. The molecule has 0 aliphatic heterocycles. The molecule has 2 aromatic rings. The van der Waals surface area contributed by atoms with E-state index in [0.29, 0.717) is 35.7 Å². The highest BCUT2D eigenvalue weighted by Crippen LogP contribution is 2.27. The van der Waals surface area contributed by atoms with Crippen LogP contribution in [-0.4, -0.2) is 38.3 Å². The van der Waals surface area contributed by atoms with E-state index in [0.717, 1.165) is 9.13 Å². The van der Waals surface area contributed by atoms with Crippen molar-refractivity contribution < 1.29 is 19.1 Å². The summed E-state index contributed by atoms with van der Waals surface area (Å²) in [4.78, 5) is 24.1. The molecule has 8 heteroatoms. The zero-order valence-electron chi connectivity index (χ0n) is 16.6. The van der Waals surface area contributed by atoms with Gasteiger partial charge in [0.25, 0.3) is 5.91 Å². The summed E-state index contributed by atoms with van der Waals surface area (Å²) < 4.78 is 11.5. The molecule has 2 rings (SSSR count). The molecule has 154 valence electrons. The number of amides is 2. The van der Waals surface area contributed by atoms with E-state index in [9.17, 15) is 9.59 Å². The molecule has 0 radical (unpaired) electrons. The summed E-state index contributed by atoms with van der Waals surface area (Å²) in [6.45, 7) is 2.18. The highest BCUT2D eigenvalue weighted by atomic mass is 127. The van der Waals surface area contributed by atoms with Crippen LogP contribution in [0.25, 0.3) is 0 Å². The fraction of sp³-hybridized carbons (Fsp3) is 0.286. The normalized spacial score (nSPS) is 11.0. The molecular weight excluding hydrogens is 485 g/mol. The second-order valence-electron chi connectivity index (χ2n) is 6.26. The Morgan fingerprint density at radius 3 is 2.52 bits per heavy atom. The molecule has 0 aliphatic rings. The van der Waals surface area contributed by atoms with Gasteiger partial charge >= 0.3 is 0 Å². The van der Waals surface area contributed by atoms with E-state index in [4.69, 9.17) is 9.47 Å². The van der Waals surface area contributed by atoms with Gasteiger partial charge in [0.1, 0.15) is 0 Å². The van der Waals surface area contributed by atoms with Crippen LogP contribution in [0.15, 0.2) is 47.6 Å². The van der Waals surface area contributed by atoms with Crippen molar-refractivity contribution in [2.24, 2.45) is 5.10 Å². The fourth-order valence-electron chi connectivity index (χ4n) is 2.56. The van der Waals surface area contributed by atoms with Crippen molar-refractivity contribution >= 4 is 40.1 Å². The first-order valence-electron chi connectivity index (χ1n) is 8.99. The number of nitrogens with zero attached hydrogens (tertiary/aromatic N) is 1. The monoisotopic (exact) mass is 509 g/mol. The van der Waals surface area contributed by atoms with Crippen LogP contribution < -0.4 is 20.2 Å². The van der Waals surface area contributed by atoms with Gasteiger partial charge in [-0.25, -0.2) is 5.43 Å². The Bertz CT molecular complexity index is 899. The van der Waals surface area contributed by atoms with Gasteiger partial charge in [0.15, 0.2) is 11.5 Å². The number of methoxy groups -OCH3 is 2.